The SMILES string of the molecule is C[C@H](Sc1ccccc1)C(=O)Nc1ccccc1-c1ccccc1. The van der Waals surface area contributed by atoms with Gasteiger partial charge in [0.1, 0.15) is 0 Å². The molecule has 0 radical (unpaired) electrons. The molecule has 0 spiro atoms. The second kappa shape index (κ2) is 7.84. The number of carbonyl (C=O) groups is 1. The lowest BCUT2D eigenvalue weighted by Crippen LogP contribution is -2.22. The van der Waals surface area contributed by atoms with Crippen molar-refractivity contribution in [2.75, 3.05) is 5.32 Å². The highest BCUT2D eigenvalue weighted by molar-refractivity contribution is 8.00. The van der Waals surface area contributed by atoms with Gasteiger partial charge in [-0.15, -0.1) is 11.8 Å². The smallest absolute Gasteiger partial charge is 0.237 e. The van der Waals surface area contributed by atoms with Crippen LogP contribution in [-0.2, 0) is 4.79 Å². The fourth-order valence-electron chi connectivity index (χ4n) is 2.45. The van der Waals surface area contributed by atoms with E-state index in [1.54, 1.807) is 11.8 Å². The van der Waals surface area contributed by atoms with Crippen molar-refractivity contribution < 1.29 is 4.79 Å². The molecular formula is C21H19NOS. The fourth-order valence-corrected chi connectivity index (χ4v) is 3.34. The van der Waals surface area contributed by atoms with Crippen LogP contribution in [0, 0.1) is 0 Å². The minimum absolute atomic E-state index is 0.00670. The number of para-hydroxylation sites is 1. The number of rotatable bonds is 5. The summed E-state index contributed by atoms with van der Waals surface area (Å²) in [5.74, 6) is 0.00670. The van der Waals surface area contributed by atoms with Crippen molar-refractivity contribution in [1.82, 2.24) is 0 Å². The maximum Gasteiger partial charge on any atom is 0.237 e. The third-order valence-corrected chi connectivity index (χ3v) is 4.81. The Morgan fingerprint density at radius 2 is 1.42 bits per heavy atom. The third kappa shape index (κ3) is 4.06. The number of amides is 1. The van der Waals surface area contributed by atoms with Crippen LogP contribution in [0.2, 0.25) is 0 Å². The van der Waals surface area contributed by atoms with E-state index in [0.717, 1.165) is 21.7 Å². The Labute approximate surface area is 146 Å². The topological polar surface area (TPSA) is 29.1 Å². The molecule has 0 aliphatic carbocycles. The van der Waals surface area contributed by atoms with Crippen LogP contribution in [0.4, 0.5) is 5.69 Å². The van der Waals surface area contributed by atoms with Crippen LogP contribution in [0.3, 0.4) is 0 Å². The van der Waals surface area contributed by atoms with Crippen molar-refractivity contribution in [3.05, 3.63) is 84.9 Å². The summed E-state index contributed by atoms with van der Waals surface area (Å²) in [6.45, 7) is 1.93. The summed E-state index contributed by atoms with van der Waals surface area (Å²) in [6.07, 6.45) is 0. The lowest BCUT2D eigenvalue weighted by molar-refractivity contribution is -0.115. The van der Waals surface area contributed by atoms with Crippen LogP contribution < -0.4 is 5.32 Å². The Morgan fingerprint density at radius 1 is 0.833 bits per heavy atom. The molecule has 0 fully saturated rings. The Hall–Kier alpha value is -2.52. The number of hydrogen-bond donors (Lipinski definition) is 1. The van der Waals surface area contributed by atoms with Gasteiger partial charge < -0.3 is 5.32 Å². The number of hydrogen-bond acceptors (Lipinski definition) is 2. The number of benzene rings is 3. The standard InChI is InChI=1S/C21H19NOS/c1-16(24-18-12-6-3-7-13-18)21(23)22-20-15-9-8-14-19(20)17-10-4-2-5-11-17/h2-16H,1H3,(H,22,23)/t16-/m0/s1. The van der Waals surface area contributed by atoms with Crippen LogP contribution in [0.1, 0.15) is 6.92 Å². The van der Waals surface area contributed by atoms with Crippen LogP contribution >= 0.6 is 11.8 Å². The lowest BCUT2D eigenvalue weighted by Gasteiger charge is -2.15. The molecule has 1 amide bonds. The molecule has 120 valence electrons. The normalized spacial score (nSPS) is 11.7. The Balaban J connectivity index is 1.75. The Bertz CT molecular complexity index is 802. The van der Waals surface area contributed by atoms with Crippen molar-refractivity contribution in [3.8, 4) is 11.1 Å². The maximum absolute atomic E-state index is 12.6. The van der Waals surface area contributed by atoms with Gasteiger partial charge in [0.15, 0.2) is 0 Å². The molecule has 0 unspecified atom stereocenters. The van der Waals surface area contributed by atoms with Crippen molar-refractivity contribution in [2.24, 2.45) is 0 Å². The van der Waals surface area contributed by atoms with Gasteiger partial charge in [-0.2, -0.15) is 0 Å². The quantitative estimate of drug-likeness (QED) is 0.627. The van der Waals surface area contributed by atoms with Crippen LogP contribution in [0.15, 0.2) is 89.8 Å². The molecule has 2 nitrogen and oxygen atoms in total. The van der Waals surface area contributed by atoms with Gasteiger partial charge >= 0.3 is 0 Å². The predicted molar refractivity (Wildman–Crippen MR) is 102 cm³/mol. The molecule has 0 aliphatic rings. The molecule has 1 atom stereocenters. The molecule has 0 bridgehead atoms. The molecule has 3 heteroatoms. The first-order valence-corrected chi connectivity index (χ1v) is 8.79. The van der Waals surface area contributed by atoms with E-state index in [0.29, 0.717) is 0 Å². The second-order valence-electron chi connectivity index (χ2n) is 5.47. The maximum atomic E-state index is 12.6. The van der Waals surface area contributed by atoms with Crippen LogP contribution in [0.5, 0.6) is 0 Å². The summed E-state index contributed by atoms with van der Waals surface area (Å²) in [6, 6.07) is 28.0. The van der Waals surface area contributed by atoms with Crippen molar-refractivity contribution >= 4 is 23.4 Å². The van der Waals surface area contributed by atoms with Gasteiger partial charge in [0.25, 0.3) is 0 Å². The lowest BCUT2D eigenvalue weighted by atomic mass is 10.0. The molecule has 0 saturated carbocycles. The largest absolute Gasteiger partial charge is 0.325 e. The summed E-state index contributed by atoms with van der Waals surface area (Å²) in [5.41, 5.74) is 2.97. The summed E-state index contributed by atoms with van der Waals surface area (Å²) in [5, 5.41) is 2.90. The molecule has 3 aromatic rings. The molecule has 0 heterocycles. The zero-order valence-electron chi connectivity index (χ0n) is 13.5. The van der Waals surface area contributed by atoms with Gasteiger partial charge in [-0.1, -0.05) is 66.7 Å². The van der Waals surface area contributed by atoms with Gasteiger partial charge in [0.2, 0.25) is 5.91 Å². The average molecular weight is 333 g/mol. The highest BCUT2D eigenvalue weighted by atomic mass is 32.2. The Morgan fingerprint density at radius 3 is 2.12 bits per heavy atom. The highest BCUT2D eigenvalue weighted by Gasteiger charge is 2.16. The first kappa shape index (κ1) is 16.3. The van der Waals surface area contributed by atoms with E-state index >= 15 is 0 Å². The van der Waals surface area contributed by atoms with E-state index in [4.69, 9.17) is 0 Å². The second-order valence-corrected chi connectivity index (χ2v) is 6.89. The highest BCUT2D eigenvalue weighted by Crippen LogP contribution is 2.29. The van der Waals surface area contributed by atoms with Gasteiger partial charge in [-0.3, -0.25) is 4.79 Å². The molecular weight excluding hydrogens is 314 g/mol. The number of thioether (sulfide) groups is 1. The van der Waals surface area contributed by atoms with E-state index in [2.05, 4.69) is 5.32 Å². The van der Waals surface area contributed by atoms with Crippen LogP contribution in [0.25, 0.3) is 11.1 Å². The summed E-state index contributed by atoms with van der Waals surface area (Å²) in [4.78, 5) is 13.7. The molecule has 24 heavy (non-hydrogen) atoms. The first-order chi connectivity index (χ1) is 11.7. The van der Waals surface area contributed by atoms with E-state index < -0.39 is 0 Å². The predicted octanol–water partition coefficient (Wildman–Crippen LogP) is 5.47. The third-order valence-electron chi connectivity index (χ3n) is 3.70. The molecule has 0 saturated heterocycles. The summed E-state index contributed by atoms with van der Waals surface area (Å²) < 4.78 is 0. The average Bonchev–Trinajstić information content (AvgIpc) is 2.63. The summed E-state index contributed by atoms with van der Waals surface area (Å²) >= 11 is 1.56. The first-order valence-electron chi connectivity index (χ1n) is 7.91. The molecule has 3 rings (SSSR count). The van der Waals surface area contributed by atoms with Crippen molar-refractivity contribution in [2.45, 2.75) is 17.1 Å². The molecule has 3 aromatic carbocycles. The zero-order chi connectivity index (χ0) is 16.8. The number of nitrogens with one attached hydrogen (secondary N) is 1. The minimum Gasteiger partial charge on any atom is -0.325 e. The van der Waals surface area contributed by atoms with Gasteiger partial charge in [0.05, 0.1) is 5.25 Å². The minimum atomic E-state index is -0.170. The van der Waals surface area contributed by atoms with E-state index in [-0.39, 0.29) is 11.2 Å². The monoisotopic (exact) mass is 333 g/mol. The van der Waals surface area contributed by atoms with Crippen LogP contribution in [-0.4, -0.2) is 11.2 Å². The number of anilines is 1. The molecule has 0 aliphatic heterocycles. The zero-order valence-corrected chi connectivity index (χ0v) is 14.3. The van der Waals surface area contributed by atoms with Gasteiger partial charge in [-0.05, 0) is 30.7 Å². The van der Waals surface area contributed by atoms with Crippen molar-refractivity contribution in [3.63, 3.8) is 0 Å². The van der Waals surface area contributed by atoms with E-state index in [1.807, 2.05) is 91.9 Å². The fraction of sp³-hybridized carbons (Fsp3) is 0.0952. The van der Waals surface area contributed by atoms with Gasteiger partial charge in [-0.25, -0.2) is 0 Å². The van der Waals surface area contributed by atoms with Gasteiger partial charge in [0, 0.05) is 16.1 Å². The molecule has 1 N–H and O–H groups in total. The van der Waals surface area contributed by atoms with E-state index in [1.165, 1.54) is 0 Å². The number of carbonyl (C=O) groups excluding carboxylic acids is 1. The van der Waals surface area contributed by atoms with Crippen molar-refractivity contribution in [1.29, 1.82) is 0 Å². The van der Waals surface area contributed by atoms with E-state index in [9.17, 15) is 4.79 Å². The summed E-state index contributed by atoms with van der Waals surface area (Å²) in [7, 11) is 0. The Kier molecular flexibility index (Phi) is 5.34. The molecule has 0 aromatic heterocycles.